The summed E-state index contributed by atoms with van der Waals surface area (Å²) in [6, 6.07) is 18.1. The van der Waals surface area contributed by atoms with E-state index in [9.17, 15) is 4.79 Å². The molecule has 30 heavy (non-hydrogen) atoms. The number of hydrogen-bond acceptors (Lipinski definition) is 4. The molecule has 0 atom stereocenters. The Labute approximate surface area is 176 Å². The summed E-state index contributed by atoms with van der Waals surface area (Å²) in [5, 5.41) is 4.59. The fourth-order valence-corrected chi connectivity index (χ4v) is 4.18. The molecule has 6 heteroatoms. The van der Waals surface area contributed by atoms with Crippen LogP contribution in [0.4, 0.5) is 0 Å². The van der Waals surface area contributed by atoms with Crippen molar-refractivity contribution >= 4 is 5.91 Å². The van der Waals surface area contributed by atoms with Crippen molar-refractivity contribution in [1.82, 2.24) is 14.7 Å². The van der Waals surface area contributed by atoms with E-state index in [1.165, 1.54) is 0 Å². The van der Waals surface area contributed by atoms with E-state index < -0.39 is 5.41 Å². The number of amides is 1. The molecule has 2 aliphatic rings. The minimum atomic E-state index is -0.415. The normalized spacial score (nSPS) is 15.8. The van der Waals surface area contributed by atoms with Crippen molar-refractivity contribution in [2.75, 3.05) is 6.79 Å². The van der Waals surface area contributed by atoms with Crippen LogP contribution >= 0.6 is 0 Å². The van der Waals surface area contributed by atoms with Crippen LogP contribution in [0.3, 0.4) is 0 Å². The van der Waals surface area contributed by atoms with E-state index in [2.05, 4.69) is 17.2 Å². The van der Waals surface area contributed by atoms with Crippen molar-refractivity contribution in [1.29, 1.82) is 0 Å². The SMILES string of the molecule is Cc1cc(CN(Cc2ccc3c(c2)OCO3)C(=O)C2(c3ccccc3)CC2)nn1C. The van der Waals surface area contributed by atoms with Gasteiger partial charge in [-0.05, 0) is 49.1 Å². The second-order valence-corrected chi connectivity index (χ2v) is 8.20. The average molecular weight is 403 g/mol. The highest BCUT2D eigenvalue weighted by molar-refractivity contribution is 5.91. The fourth-order valence-electron chi connectivity index (χ4n) is 4.18. The molecule has 0 spiro atoms. The summed E-state index contributed by atoms with van der Waals surface area (Å²) < 4.78 is 12.8. The molecule has 1 fully saturated rings. The Morgan fingerprint density at radius 2 is 1.83 bits per heavy atom. The largest absolute Gasteiger partial charge is 0.454 e. The van der Waals surface area contributed by atoms with E-state index >= 15 is 0 Å². The monoisotopic (exact) mass is 403 g/mol. The summed E-state index contributed by atoms with van der Waals surface area (Å²) in [7, 11) is 1.93. The first kappa shape index (κ1) is 18.7. The van der Waals surface area contributed by atoms with Crippen LogP contribution in [0.15, 0.2) is 54.6 Å². The van der Waals surface area contributed by atoms with Gasteiger partial charge in [-0.1, -0.05) is 36.4 Å². The Bertz CT molecular complexity index is 1070. The predicted octanol–water partition coefficient (Wildman–Crippen LogP) is 3.72. The van der Waals surface area contributed by atoms with E-state index in [0.29, 0.717) is 13.1 Å². The Hall–Kier alpha value is -3.28. The second kappa shape index (κ2) is 7.20. The van der Waals surface area contributed by atoms with Crippen LogP contribution in [0.25, 0.3) is 0 Å². The molecule has 1 saturated carbocycles. The second-order valence-electron chi connectivity index (χ2n) is 8.20. The minimum Gasteiger partial charge on any atom is -0.454 e. The number of hydrogen-bond donors (Lipinski definition) is 0. The smallest absolute Gasteiger partial charge is 0.233 e. The van der Waals surface area contributed by atoms with Gasteiger partial charge in [-0.3, -0.25) is 9.48 Å². The lowest BCUT2D eigenvalue weighted by Crippen LogP contribution is -2.38. The van der Waals surface area contributed by atoms with Gasteiger partial charge in [0.1, 0.15) is 0 Å². The highest BCUT2D eigenvalue weighted by Gasteiger charge is 2.53. The van der Waals surface area contributed by atoms with E-state index in [-0.39, 0.29) is 12.7 Å². The van der Waals surface area contributed by atoms with E-state index in [1.54, 1.807) is 0 Å². The van der Waals surface area contributed by atoms with Crippen LogP contribution in [-0.4, -0.2) is 27.4 Å². The summed E-state index contributed by atoms with van der Waals surface area (Å²) in [6.07, 6.45) is 1.77. The zero-order valence-corrected chi connectivity index (χ0v) is 17.3. The van der Waals surface area contributed by atoms with Crippen LogP contribution in [0, 0.1) is 6.92 Å². The zero-order valence-electron chi connectivity index (χ0n) is 17.3. The number of carbonyl (C=O) groups excluding carboxylic acids is 1. The number of nitrogens with zero attached hydrogens (tertiary/aromatic N) is 3. The maximum atomic E-state index is 13.8. The molecule has 6 nitrogen and oxygen atoms in total. The van der Waals surface area contributed by atoms with E-state index in [0.717, 1.165) is 46.9 Å². The predicted molar refractivity (Wildman–Crippen MR) is 112 cm³/mol. The van der Waals surface area contributed by atoms with Gasteiger partial charge in [-0.25, -0.2) is 0 Å². The molecular formula is C24H25N3O3. The lowest BCUT2D eigenvalue weighted by molar-refractivity contribution is -0.135. The van der Waals surface area contributed by atoms with Gasteiger partial charge < -0.3 is 14.4 Å². The van der Waals surface area contributed by atoms with Crippen LogP contribution in [0.5, 0.6) is 11.5 Å². The van der Waals surface area contributed by atoms with Gasteiger partial charge in [0.05, 0.1) is 17.7 Å². The molecule has 2 aromatic carbocycles. The molecule has 1 aliphatic heterocycles. The molecule has 0 N–H and O–H groups in total. The van der Waals surface area contributed by atoms with Gasteiger partial charge in [0, 0.05) is 19.3 Å². The lowest BCUT2D eigenvalue weighted by atomic mass is 9.94. The molecule has 0 radical (unpaired) electrons. The van der Waals surface area contributed by atoms with Crippen LogP contribution in [0.1, 0.15) is 35.4 Å². The molecule has 5 rings (SSSR count). The van der Waals surface area contributed by atoms with Gasteiger partial charge in [0.15, 0.2) is 11.5 Å². The standard InChI is InChI=1S/C24H25N3O3/c1-17-12-20(25-26(17)2)15-27(14-18-8-9-21-22(13-18)30-16-29-21)23(28)24(10-11-24)19-6-4-3-5-7-19/h3-9,12-13H,10-11,14-16H2,1-2H3. The summed E-state index contributed by atoms with van der Waals surface area (Å²) in [5.41, 5.74) is 3.67. The summed E-state index contributed by atoms with van der Waals surface area (Å²) >= 11 is 0. The first-order valence-electron chi connectivity index (χ1n) is 10.3. The average Bonchev–Trinajstić information content (AvgIpc) is 3.33. The minimum absolute atomic E-state index is 0.162. The van der Waals surface area contributed by atoms with Gasteiger partial charge in [-0.2, -0.15) is 5.10 Å². The quantitative estimate of drug-likeness (QED) is 0.630. The van der Waals surface area contributed by atoms with Crippen LogP contribution < -0.4 is 9.47 Å². The van der Waals surface area contributed by atoms with Crippen molar-refractivity contribution in [2.24, 2.45) is 7.05 Å². The Balaban J connectivity index is 1.45. The Morgan fingerprint density at radius 1 is 1.07 bits per heavy atom. The topological polar surface area (TPSA) is 56.6 Å². The Morgan fingerprint density at radius 3 is 2.53 bits per heavy atom. The molecule has 0 saturated heterocycles. The number of benzene rings is 2. The number of ether oxygens (including phenoxy) is 2. The maximum Gasteiger partial charge on any atom is 0.233 e. The Kier molecular flexibility index (Phi) is 4.50. The van der Waals surface area contributed by atoms with E-state index in [4.69, 9.17) is 9.47 Å². The third-order valence-electron chi connectivity index (χ3n) is 6.10. The summed E-state index contributed by atoms with van der Waals surface area (Å²) in [5.74, 6) is 1.65. The summed E-state index contributed by atoms with van der Waals surface area (Å²) in [6.45, 7) is 3.24. The van der Waals surface area contributed by atoms with Crippen LogP contribution in [-0.2, 0) is 30.3 Å². The number of aryl methyl sites for hydroxylation is 2. The third-order valence-corrected chi connectivity index (χ3v) is 6.10. The highest BCUT2D eigenvalue weighted by Crippen LogP contribution is 2.50. The number of fused-ring (bicyclic) bond motifs is 1. The molecule has 0 bridgehead atoms. The first-order valence-corrected chi connectivity index (χ1v) is 10.3. The number of carbonyl (C=O) groups is 1. The molecule has 1 aliphatic carbocycles. The summed E-state index contributed by atoms with van der Waals surface area (Å²) in [4.78, 5) is 15.7. The van der Waals surface area contributed by atoms with Crippen molar-refractivity contribution in [2.45, 2.75) is 38.3 Å². The van der Waals surface area contributed by atoms with Gasteiger partial charge in [0.25, 0.3) is 0 Å². The lowest BCUT2D eigenvalue weighted by Gasteiger charge is -2.27. The number of aromatic nitrogens is 2. The van der Waals surface area contributed by atoms with Gasteiger partial charge in [-0.15, -0.1) is 0 Å². The van der Waals surface area contributed by atoms with Gasteiger partial charge >= 0.3 is 0 Å². The maximum absolute atomic E-state index is 13.8. The molecule has 0 unspecified atom stereocenters. The number of rotatable bonds is 6. The van der Waals surface area contributed by atoms with Crippen molar-refractivity contribution in [3.8, 4) is 11.5 Å². The molecule has 1 amide bonds. The van der Waals surface area contributed by atoms with Gasteiger partial charge in [0.2, 0.25) is 12.7 Å². The van der Waals surface area contributed by atoms with Crippen molar-refractivity contribution in [3.05, 3.63) is 77.1 Å². The van der Waals surface area contributed by atoms with Crippen molar-refractivity contribution < 1.29 is 14.3 Å². The molecule has 2 heterocycles. The fraction of sp³-hybridized carbons (Fsp3) is 0.333. The zero-order chi connectivity index (χ0) is 20.7. The highest BCUT2D eigenvalue weighted by atomic mass is 16.7. The third kappa shape index (κ3) is 3.32. The molecule has 1 aromatic heterocycles. The van der Waals surface area contributed by atoms with E-state index in [1.807, 2.05) is 66.0 Å². The molecule has 3 aromatic rings. The molecule has 154 valence electrons. The van der Waals surface area contributed by atoms with Crippen LogP contribution in [0.2, 0.25) is 0 Å². The van der Waals surface area contributed by atoms with Crippen molar-refractivity contribution in [3.63, 3.8) is 0 Å². The molecular weight excluding hydrogens is 378 g/mol. The first-order chi connectivity index (χ1) is 14.5.